The van der Waals surface area contributed by atoms with Gasteiger partial charge in [0.25, 0.3) is 0 Å². The number of nitrogens with zero attached hydrogens (tertiary/aromatic N) is 3. The van der Waals surface area contributed by atoms with Crippen molar-refractivity contribution in [2.45, 2.75) is 0 Å². The Morgan fingerprint density at radius 3 is 2.80 bits per heavy atom. The number of hydrogen-bond donors (Lipinski definition) is 0. The Kier molecular flexibility index (Phi) is 2.64. The van der Waals surface area contributed by atoms with E-state index in [-0.39, 0.29) is 0 Å². The first-order valence-corrected chi connectivity index (χ1v) is 5.11. The molecule has 2 aromatic heterocycles. The molecule has 5 heteroatoms. The number of rotatable bonds is 2. The molecule has 0 fully saturated rings. The minimum Gasteiger partial charge on any atom is -0.298 e. The molecule has 0 aliphatic rings. The summed E-state index contributed by atoms with van der Waals surface area (Å²) in [7, 11) is 1.78. The van der Waals surface area contributed by atoms with Crippen molar-refractivity contribution in [3.8, 4) is 11.4 Å². The van der Waals surface area contributed by atoms with Crippen LogP contribution in [0.15, 0.2) is 29.0 Å². The molecule has 2 aromatic rings. The Morgan fingerprint density at radius 2 is 2.20 bits per heavy atom. The van der Waals surface area contributed by atoms with Gasteiger partial charge in [0.1, 0.15) is 0 Å². The Bertz CT molecular complexity index is 490. The van der Waals surface area contributed by atoms with E-state index in [9.17, 15) is 4.79 Å². The van der Waals surface area contributed by atoms with E-state index < -0.39 is 0 Å². The van der Waals surface area contributed by atoms with Gasteiger partial charge in [-0.25, -0.2) is 0 Å². The van der Waals surface area contributed by atoms with Crippen molar-refractivity contribution in [2.24, 2.45) is 7.05 Å². The van der Waals surface area contributed by atoms with E-state index in [0.29, 0.717) is 5.56 Å². The molecule has 0 aliphatic heterocycles. The number of aromatic nitrogens is 3. The first-order valence-electron chi connectivity index (χ1n) is 4.31. The Balaban J connectivity index is 2.57. The topological polar surface area (TPSA) is 47.8 Å². The lowest BCUT2D eigenvalue weighted by Crippen LogP contribution is -1.96. The molecule has 76 valence electrons. The number of pyridine rings is 1. The van der Waals surface area contributed by atoms with Gasteiger partial charge in [0.2, 0.25) is 0 Å². The number of aryl methyl sites for hydroxylation is 1. The van der Waals surface area contributed by atoms with Gasteiger partial charge in [-0.15, -0.1) is 0 Å². The SMILES string of the molecule is Cn1ncc(C=O)c1-c1ccc(Br)cn1. The van der Waals surface area contributed by atoms with Crippen molar-refractivity contribution in [3.63, 3.8) is 0 Å². The highest BCUT2D eigenvalue weighted by Gasteiger charge is 2.10. The van der Waals surface area contributed by atoms with Crippen LogP contribution in [0.25, 0.3) is 11.4 Å². The standard InChI is InChI=1S/C10H8BrN3O/c1-14-10(7(6-15)4-13-14)9-3-2-8(11)5-12-9/h2-6H,1H3. The maximum Gasteiger partial charge on any atom is 0.153 e. The van der Waals surface area contributed by atoms with E-state index in [1.54, 1.807) is 17.9 Å². The maximum absolute atomic E-state index is 10.8. The zero-order valence-corrected chi connectivity index (χ0v) is 9.60. The smallest absolute Gasteiger partial charge is 0.153 e. The van der Waals surface area contributed by atoms with E-state index in [1.165, 1.54) is 6.20 Å². The summed E-state index contributed by atoms with van der Waals surface area (Å²) in [6.45, 7) is 0. The van der Waals surface area contributed by atoms with Gasteiger partial charge in [-0.05, 0) is 28.1 Å². The molecule has 2 rings (SSSR count). The van der Waals surface area contributed by atoms with Crippen LogP contribution in [0.1, 0.15) is 10.4 Å². The van der Waals surface area contributed by atoms with Crippen LogP contribution in [0.4, 0.5) is 0 Å². The molecule has 4 nitrogen and oxygen atoms in total. The molecule has 0 spiro atoms. The van der Waals surface area contributed by atoms with Gasteiger partial charge in [0.05, 0.1) is 23.1 Å². The van der Waals surface area contributed by atoms with E-state index in [0.717, 1.165) is 22.1 Å². The monoisotopic (exact) mass is 265 g/mol. The van der Waals surface area contributed by atoms with Crippen molar-refractivity contribution in [1.29, 1.82) is 0 Å². The van der Waals surface area contributed by atoms with Crippen molar-refractivity contribution < 1.29 is 4.79 Å². The average Bonchev–Trinajstić information content (AvgIpc) is 2.61. The summed E-state index contributed by atoms with van der Waals surface area (Å²) in [5.74, 6) is 0. The number of aldehydes is 1. The molecule has 2 heterocycles. The molecule has 0 unspecified atom stereocenters. The van der Waals surface area contributed by atoms with Crippen LogP contribution in [-0.2, 0) is 7.05 Å². The summed E-state index contributed by atoms with van der Waals surface area (Å²) in [6.07, 6.45) is 4.01. The summed E-state index contributed by atoms with van der Waals surface area (Å²) < 4.78 is 2.54. The lowest BCUT2D eigenvalue weighted by molar-refractivity contribution is 0.112. The van der Waals surface area contributed by atoms with Gasteiger partial charge in [0, 0.05) is 17.7 Å². The van der Waals surface area contributed by atoms with Crippen LogP contribution < -0.4 is 0 Å². The van der Waals surface area contributed by atoms with Crippen LogP contribution in [0.3, 0.4) is 0 Å². The van der Waals surface area contributed by atoms with Crippen LogP contribution in [0.2, 0.25) is 0 Å². The fourth-order valence-corrected chi connectivity index (χ4v) is 1.60. The Hall–Kier alpha value is -1.49. The molecular weight excluding hydrogens is 258 g/mol. The normalized spacial score (nSPS) is 10.3. The predicted octanol–water partition coefficient (Wildman–Crippen LogP) is 2.06. The molecule has 0 saturated heterocycles. The van der Waals surface area contributed by atoms with Crippen molar-refractivity contribution in [3.05, 3.63) is 34.6 Å². The molecule has 15 heavy (non-hydrogen) atoms. The second kappa shape index (κ2) is 3.94. The molecular formula is C10H8BrN3O. The van der Waals surface area contributed by atoms with Crippen molar-refractivity contribution in [1.82, 2.24) is 14.8 Å². The Morgan fingerprint density at radius 1 is 1.40 bits per heavy atom. The summed E-state index contributed by atoms with van der Waals surface area (Å²) >= 11 is 3.31. The van der Waals surface area contributed by atoms with E-state index in [2.05, 4.69) is 26.0 Å². The first kappa shape index (κ1) is 10.0. The van der Waals surface area contributed by atoms with Crippen molar-refractivity contribution >= 4 is 22.2 Å². The molecule has 0 saturated carbocycles. The first-order chi connectivity index (χ1) is 7.22. The summed E-state index contributed by atoms with van der Waals surface area (Å²) in [6, 6.07) is 3.72. The minimum absolute atomic E-state index is 0.548. The lowest BCUT2D eigenvalue weighted by atomic mass is 10.2. The highest BCUT2D eigenvalue weighted by atomic mass is 79.9. The van der Waals surface area contributed by atoms with E-state index in [4.69, 9.17) is 0 Å². The maximum atomic E-state index is 10.8. The molecule has 0 atom stereocenters. The van der Waals surface area contributed by atoms with Gasteiger partial charge in [-0.2, -0.15) is 5.10 Å². The lowest BCUT2D eigenvalue weighted by Gasteiger charge is -2.02. The van der Waals surface area contributed by atoms with Crippen LogP contribution in [0, 0.1) is 0 Å². The number of carbonyl (C=O) groups excluding carboxylic acids is 1. The molecule has 0 amide bonds. The zero-order chi connectivity index (χ0) is 10.8. The van der Waals surface area contributed by atoms with Gasteiger partial charge < -0.3 is 0 Å². The fourth-order valence-electron chi connectivity index (χ4n) is 1.37. The molecule has 0 aliphatic carbocycles. The molecule has 0 N–H and O–H groups in total. The highest BCUT2D eigenvalue weighted by Crippen LogP contribution is 2.20. The van der Waals surface area contributed by atoms with Gasteiger partial charge >= 0.3 is 0 Å². The molecule has 0 radical (unpaired) electrons. The Labute approximate surface area is 95.1 Å². The minimum atomic E-state index is 0.548. The predicted molar refractivity (Wildman–Crippen MR) is 59.5 cm³/mol. The molecule has 0 bridgehead atoms. The van der Waals surface area contributed by atoms with Crippen LogP contribution >= 0.6 is 15.9 Å². The fraction of sp³-hybridized carbons (Fsp3) is 0.100. The third kappa shape index (κ3) is 1.83. The summed E-state index contributed by atoms with van der Waals surface area (Å²) in [5, 5.41) is 4.02. The van der Waals surface area contributed by atoms with Crippen LogP contribution in [0.5, 0.6) is 0 Å². The molecule has 0 aromatic carbocycles. The largest absolute Gasteiger partial charge is 0.298 e. The van der Waals surface area contributed by atoms with Crippen LogP contribution in [-0.4, -0.2) is 21.1 Å². The third-order valence-electron chi connectivity index (χ3n) is 2.06. The van der Waals surface area contributed by atoms with Crippen molar-refractivity contribution in [2.75, 3.05) is 0 Å². The number of hydrogen-bond acceptors (Lipinski definition) is 3. The second-order valence-corrected chi connectivity index (χ2v) is 3.97. The number of carbonyl (C=O) groups is 1. The van der Waals surface area contributed by atoms with Gasteiger partial charge in [0.15, 0.2) is 6.29 Å². The summed E-state index contributed by atoms with van der Waals surface area (Å²) in [4.78, 5) is 15.0. The second-order valence-electron chi connectivity index (χ2n) is 3.05. The van der Waals surface area contributed by atoms with E-state index >= 15 is 0 Å². The third-order valence-corrected chi connectivity index (χ3v) is 2.53. The highest BCUT2D eigenvalue weighted by molar-refractivity contribution is 9.10. The quantitative estimate of drug-likeness (QED) is 0.781. The number of halogens is 1. The van der Waals surface area contributed by atoms with Gasteiger partial charge in [-0.1, -0.05) is 0 Å². The van der Waals surface area contributed by atoms with Gasteiger partial charge in [-0.3, -0.25) is 14.5 Å². The average molecular weight is 266 g/mol. The zero-order valence-electron chi connectivity index (χ0n) is 8.01. The van der Waals surface area contributed by atoms with E-state index in [1.807, 2.05) is 12.1 Å². The summed E-state index contributed by atoms with van der Waals surface area (Å²) in [5.41, 5.74) is 2.02.